The van der Waals surface area contributed by atoms with E-state index in [-0.39, 0.29) is 12.8 Å². The second-order valence-electron chi connectivity index (χ2n) is 5.12. The third-order valence-electron chi connectivity index (χ3n) is 3.31. The topological polar surface area (TPSA) is 23.5 Å². The van der Waals surface area contributed by atoms with Crippen molar-refractivity contribution in [2.75, 3.05) is 0 Å². The van der Waals surface area contributed by atoms with Gasteiger partial charge in [0.1, 0.15) is 0 Å². The van der Waals surface area contributed by atoms with E-state index >= 15 is 0 Å². The summed E-state index contributed by atoms with van der Waals surface area (Å²) in [6, 6.07) is 9.70. The predicted octanol–water partition coefficient (Wildman–Crippen LogP) is -0.375. The maximum Gasteiger partial charge on any atom is 0.0825 e. The summed E-state index contributed by atoms with van der Waals surface area (Å²) in [7, 11) is 24.1. The van der Waals surface area contributed by atoms with E-state index in [1.54, 1.807) is 4.90 Å². The van der Waals surface area contributed by atoms with Gasteiger partial charge in [0.15, 0.2) is 0 Å². The van der Waals surface area contributed by atoms with Gasteiger partial charge in [0.2, 0.25) is 0 Å². The zero-order chi connectivity index (χ0) is 13.4. The molecule has 2 rings (SSSR count). The van der Waals surface area contributed by atoms with Gasteiger partial charge < -0.3 is 10.0 Å². The second-order valence-corrected chi connectivity index (χ2v) is 5.12. The molecule has 84 valence electrons. The van der Waals surface area contributed by atoms with Crippen LogP contribution in [0.1, 0.15) is 18.4 Å². The smallest absolute Gasteiger partial charge is 0.0825 e. The quantitative estimate of drug-likeness (QED) is 0.701. The molecule has 1 aliphatic heterocycles. The second kappa shape index (κ2) is 4.82. The van der Waals surface area contributed by atoms with Crippen LogP contribution in [0.2, 0.25) is 0 Å². The van der Waals surface area contributed by atoms with E-state index in [0.29, 0.717) is 6.54 Å². The van der Waals surface area contributed by atoms with Crippen molar-refractivity contribution >= 4 is 31.4 Å². The lowest BCUT2D eigenvalue weighted by molar-refractivity contribution is 0.0193. The lowest BCUT2D eigenvalue weighted by Crippen LogP contribution is -2.67. The fourth-order valence-corrected chi connectivity index (χ4v) is 2.50. The Morgan fingerprint density at radius 3 is 2.06 bits per heavy atom. The Bertz CT molecular complexity index is 392. The molecule has 2 nitrogen and oxygen atoms in total. The summed E-state index contributed by atoms with van der Waals surface area (Å²) in [5.41, 5.74) is 1.02. The molecular formula is C12H13B4NO. The fourth-order valence-electron chi connectivity index (χ4n) is 2.50. The van der Waals surface area contributed by atoms with E-state index < -0.39 is 16.8 Å². The lowest BCUT2D eigenvalue weighted by atomic mass is 9.46. The van der Waals surface area contributed by atoms with Crippen LogP contribution < -0.4 is 0 Å². The Kier molecular flexibility index (Phi) is 3.70. The fraction of sp³-hybridized carbons (Fsp3) is 0.500. The molecule has 1 fully saturated rings. The highest BCUT2D eigenvalue weighted by Crippen LogP contribution is 2.33. The average Bonchev–Trinajstić information content (AvgIpc) is 2.23. The van der Waals surface area contributed by atoms with E-state index in [9.17, 15) is 5.11 Å². The monoisotopic (exact) mass is 231 g/mol. The van der Waals surface area contributed by atoms with E-state index in [0.717, 1.165) is 5.56 Å². The molecule has 0 amide bonds. The zero-order valence-corrected chi connectivity index (χ0v) is 10.3. The van der Waals surface area contributed by atoms with Crippen LogP contribution in [0.4, 0.5) is 0 Å². The molecule has 1 N–H and O–H groups in total. The number of likely N-dealkylation sites (tertiary alicyclic amines) is 1. The number of hydrogen-bond acceptors (Lipinski definition) is 2. The average molecular weight is 230 g/mol. The van der Waals surface area contributed by atoms with Crippen molar-refractivity contribution < 1.29 is 5.11 Å². The summed E-state index contributed by atoms with van der Waals surface area (Å²) in [5, 5.41) is 7.30. The Morgan fingerprint density at radius 2 is 1.56 bits per heavy atom. The Morgan fingerprint density at radius 1 is 1.06 bits per heavy atom. The number of aliphatic hydroxyl groups is 1. The molecule has 0 saturated carbocycles. The first-order chi connectivity index (χ1) is 8.31. The Hall–Kier alpha value is -0.600. The molecule has 1 heterocycles. The van der Waals surface area contributed by atoms with Crippen LogP contribution in [0, 0.1) is 0 Å². The maximum atomic E-state index is 9.72. The molecule has 0 spiro atoms. The van der Waals surface area contributed by atoms with Crippen molar-refractivity contribution in [1.29, 1.82) is 0 Å². The third kappa shape index (κ3) is 2.86. The van der Waals surface area contributed by atoms with E-state index in [4.69, 9.17) is 31.4 Å². The summed E-state index contributed by atoms with van der Waals surface area (Å²) < 4.78 is 0. The van der Waals surface area contributed by atoms with E-state index in [1.807, 2.05) is 30.3 Å². The molecule has 1 saturated heterocycles. The molecule has 1 aliphatic rings. The normalized spacial score (nSPS) is 23.8. The largest absolute Gasteiger partial charge is 0.393 e. The van der Waals surface area contributed by atoms with Crippen LogP contribution in [0.3, 0.4) is 0 Å². The molecule has 6 heteroatoms. The summed E-state index contributed by atoms with van der Waals surface area (Å²) in [4.78, 5) is 1.64. The highest BCUT2D eigenvalue weighted by atomic mass is 16.3. The minimum Gasteiger partial charge on any atom is -0.393 e. The van der Waals surface area contributed by atoms with Crippen molar-refractivity contribution in [3.63, 3.8) is 0 Å². The molecule has 0 bridgehead atoms. The van der Waals surface area contributed by atoms with Crippen LogP contribution in [0.25, 0.3) is 0 Å². The first kappa shape index (κ1) is 13.8. The van der Waals surface area contributed by atoms with Crippen LogP contribution >= 0.6 is 0 Å². The van der Waals surface area contributed by atoms with Crippen molar-refractivity contribution in [3.05, 3.63) is 35.9 Å². The minimum absolute atomic E-state index is 0.246. The van der Waals surface area contributed by atoms with Gasteiger partial charge in [-0.2, -0.15) is 0 Å². The zero-order valence-electron chi connectivity index (χ0n) is 10.3. The molecule has 1 aromatic carbocycles. The van der Waals surface area contributed by atoms with E-state index in [1.165, 1.54) is 0 Å². The number of piperidine rings is 1. The van der Waals surface area contributed by atoms with Crippen LogP contribution in [-0.2, 0) is 6.54 Å². The van der Waals surface area contributed by atoms with Crippen LogP contribution in [0.15, 0.2) is 30.3 Å². The van der Waals surface area contributed by atoms with Gasteiger partial charge in [-0.25, -0.2) is 0 Å². The molecule has 1 aromatic rings. The van der Waals surface area contributed by atoms with Gasteiger partial charge in [0.05, 0.1) is 37.5 Å². The highest BCUT2D eigenvalue weighted by molar-refractivity contribution is 6.44. The first-order valence-electron chi connectivity index (χ1n) is 5.96. The summed E-state index contributed by atoms with van der Waals surface area (Å²) in [6.45, 7) is 0.452. The summed E-state index contributed by atoms with van der Waals surface area (Å²) in [6.07, 6.45) is -0.187. The van der Waals surface area contributed by atoms with Gasteiger partial charge >= 0.3 is 0 Å². The molecule has 18 heavy (non-hydrogen) atoms. The number of aliphatic hydroxyl groups excluding tert-OH is 1. The maximum absolute atomic E-state index is 9.72. The van der Waals surface area contributed by atoms with Crippen molar-refractivity contribution in [2.45, 2.75) is 36.2 Å². The first-order valence-corrected chi connectivity index (χ1v) is 5.96. The van der Waals surface area contributed by atoms with Gasteiger partial charge in [0.25, 0.3) is 0 Å². The van der Waals surface area contributed by atoms with Gasteiger partial charge in [-0.1, -0.05) is 41.0 Å². The minimum atomic E-state index is -1.21. The lowest BCUT2D eigenvalue weighted by Gasteiger charge is -2.56. The molecule has 0 aromatic heterocycles. The Labute approximate surface area is 114 Å². The number of hydrogen-bond donors (Lipinski definition) is 1. The predicted molar refractivity (Wildman–Crippen MR) is 75.7 cm³/mol. The SMILES string of the molecule is [B]C1([B])CC(O)CC([B])([B])N1Cc1ccccc1. The van der Waals surface area contributed by atoms with Crippen molar-refractivity contribution in [1.82, 2.24) is 4.90 Å². The van der Waals surface area contributed by atoms with E-state index in [2.05, 4.69) is 0 Å². The molecule has 0 atom stereocenters. The number of nitrogens with zero attached hydrogens (tertiary/aromatic N) is 1. The number of rotatable bonds is 2. The van der Waals surface area contributed by atoms with Crippen molar-refractivity contribution in [2.24, 2.45) is 0 Å². The van der Waals surface area contributed by atoms with Gasteiger partial charge in [0, 0.05) is 6.54 Å². The Balaban J connectivity index is 2.23. The summed E-state index contributed by atoms with van der Waals surface area (Å²) >= 11 is 0. The van der Waals surface area contributed by atoms with Gasteiger partial charge in [-0.15, -0.1) is 0 Å². The molecule has 0 aliphatic carbocycles. The van der Waals surface area contributed by atoms with Crippen molar-refractivity contribution in [3.8, 4) is 0 Å². The summed E-state index contributed by atoms with van der Waals surface area (Å²) in [5.74, 6) is 0. The van der Waals surface area contributed by atoms with Crippen LogP contribution in [0.5, 0.6) is 0 Å². The molecular weight excluding hydrogens is 217 g/mol. The molecule has 8 radical (unpaired) electrons. The van der Waals surface area contributed by atoms with Crippen LogP contribution in [-0.4, -0.2) is 58.2 Å². The molecule has 0 unspecified atom stereocenters. The standard InChI is InChI=1S/C12H13B4NO/c13-11(14)6-10(18)7-12(15,16)17(11)8-9-4-2-1-3-5-9/h1-5,10,18H,6-8H2. The third-order valence-corrected chi connectivity index (χ3v) is 3.31. The number of benzene rings is 1. The van der Waals surface area contributed by atoms with Gasteiger partial charge in [-0.05, 0) is 18.4 Å². The highest BCUT2D eigenvalue weighted by Gasteiger charge is 2.42. The van der Waals surface area contributed by atoms with Gasteiger partial charge in [-0.3, -0.25) is 0 Å².